The predicted molar refractivity (Wildman–Crippen MR) is 74.7 cm³/mol. The molecule has 0 saturated heterocycles. The number of fused-ring (bicyclic) bond motifs is 1. The molecule has 5 heteroatoms. The minimum absolute atomic E-state index is 0.0149. The van der Waals surface area contributed by atoms with E-state index in [1.165, 1.54) is 6.92 Å². The molecule has 0 aliphatic carbocycles. The Bertz CT molecular complexity index is 527. The first kappa shape index (κ1) is 14.4. The summed E-state index contributed by atoms with van der Waals surface area (Å²) in [4.78, 5) is 22.9. The van der Waals surface area contributed by atoms with Gasteiger partial charge in [-0.05, 0) is 44.0 Å². The van der Waals surface area contributed by atoms with Gasteiger partial charge in [0.25, 0.3) is 0 Å². The van der Waals surface area contributed by atoms with Crippen LogP contribution in [0.1, 0.15) is 26.3 Å². The number of ether oxygens (including phenoxy) is 2. The highest BCUT2D eigenvalue weighted by molar-refractivity contribution is 5.76. The maximum Gasteiger partial charge on any atom is 0.311 e. The van der Waals surface area contributed by atoms with E-state index in [0.29, 0.717) is 18.8 Å². The Hall–Kier alpha value is -2.04. The molecule has 0 unspecified atom stereocenters. The molecule has 1 heterocycles. The summed E-state index contributed by atoms with van der Waals surface area (Å²) < 4.78 is 10.2. The van der Waals surface area contributed by atoms with Crippen molar-refractivity contribution in [1.29, 1.82) is 0 Å². The lowest BCUT2D eigenvalue weighted by molar-refractivity contribution is -0.148. The van der Waals surface area contributed by atoms with Crippen LogP contribution in [0, 0.1) is 5.92 Å². The fourth-order valence-corrected chi connectivity index (χ4v) is 2.41. The van der Waals surface area contributed by atoms with E-state index in [0.717, 1.165) is 11.3 Å². The smallest absolute Gasteiger partial charge is 0.311 e. The molecule has 0 bridgehead atoms. The van der Waals surface area contributed by atoms with E-state index in [1.54, 1.807) is 19.1 Å². The molecule has 1 aromatic carbocycles. The van der Waals surface area contributed by atoms with Gasteiger partial charge in [-0.15, -0.1) is 0 Å². The molecule has 1 N–H and O–H groups in total. The molecule has 0 aromatic heterocycles. The summed E-state index contributed by atoms with van der Waals surface area (Å²) in [5.74, 6) is -0.287. The van der Waals surface area contributed by atoms with Crippen molar-refractivity contribution in [3.63, 3.8) is 0 Å². The molecule has 2 rings (SSSR count). The van der Waals surface area contributed by atoms with Crippen molar-refractivity contribution in [3.05, 3.63) is 23.8 Å². The normalized spacial score (nSPS) is 20.6. The lowest BCUT2D eigenvalue weighted by atomic mass is 9.88. The average Bonchev–Trinajstić information content (AvgIpc) is 2.38. The summed E-state index contributed by atoms with van der Waals surface area (Å²) in [6.45, 7) is 5.50. The lowest BCUT2D eigenvalue weighted by Crippen LogP contribution is -2.38. The SMILES string of the molecule is CCOC(=O)[C@H]1Cc2cc(OC(C)=O)ccc2N[C@@H]1C. The molecular formula is C15H19NO4. The number of rotatable bonds is 3. The van der Waals surface area contributed by atoms with E-state index >= 15 is 0 Å². The molecular weight excluding hydrogens is 258 g/mol. The third-order valence-electron chi connectivity index (χ3n) is 3.35. The van der Waals surface area contributed by atoms with Gasteiger partial charge >= 0.3 is 11.9 Å². The Morgan fingerprint density at radius 3 is 2.80 bits per heavy atom. The zero-order valence-corrected chi connectivity index (χ0v) is 11.9. The Kier molecular flexibility index (Phi) is 4.27. The molecule has 108 valence electrons. The zero-order valence-electron chi connectivity index (χ0n) is 11.9. The van der Waals surface area contributed by atoms with Crippen LogP contribution in [0.15, 0.2) is 18.2 Å². The second-order valence-corrected chi connectivity index (χ2v) is 4.91. The molecule has 0 fully saturated rings. The quantitative estimate of drug-likeness (QED) is 0.677. The second-order valence-electron chi connectivity index (χ2n) is 4.91. The van der Waals surface area contributed by atoms with Crippen molar-refractivity contribution in [2.75, 3.05) is 11.9 Å². The lowest BCUT2D eigenvalue weighted by Gasteiger charge is -2.31. The molecule has 0 radical (unpaired) electrons. The first-order valence-electron chi connectivity index (χ1n) is 6.75. The van der Waals surface area contributed by atoms with E-state index in [-0.39, 0.29) is 23.9 Å². The number of benzene rings is 1. The minimum atomic E-state index is -0.357. The van der Waals surface area contributed by atoms with E-state index in [1.807, 2.05) is 13.0 Å². The fraction of sp³-hybridized carbons (Fsp3) is 0.467. The van der Waals surface area contributed by atoms with Crippen LogP contribution in [0.3, 0.4) is 0 Å². The van der Waals surface area contributed by atoms with Crippen LogP contribution >= 0.6 is 0 Å². The van der Waals surface area contributed by atoms with Crippen molar-refractivity contribution in [2.24, 2.45) is 5.92 Å². The minimum Gasteiger partial charge on any atom is -0.466 e. The topological polar surface area (TPSA) is 64.6 Å². The molecule has 1 aliphatic rings. The standard InChI is InChI=1S/C15H19NO4/c1-4-19-15(18)13-8-11-7-12(20-10(3)17)5-6-14(11)16-9(13)2/h5-7,9,13,16H,4,8H2,1-3H3/t9-,13+/m1/s1. The molecule has 0 saturated carbocycles. The van der Waals surface area contributed by atoms with Crippen LogP contribution in [-0.4, -0.2) is 24.6 Å². The summed E-state index contributed by atoms with van der Waals surface area (Å²) >= 11 is 0. The molecule has 1 aliphatic heterocycles. The number of hydrogen-bond acceptors (Lipinski definition) is 5. The molecule has 1 aromatic rings. The van der Waals surface area contributed by atoms with Crippen molar-refractivity contribution >= 4 is 17.6 Å². The summed E-state index contributed by atoms with van der Waals surface area (Å²) in [5, 5.41) is 3.29. The summed E-state index contributed by atoms with van der Waals surface area (Å²) in [6.07, 6.45) is 0.581. The van der Waals surface area contributed by atoms with Gasteiger partial charge in [0.1, 0.15) is 5.75 Å². The van der Waals surface area contributed by atoms with Gasteiger partial charge in [-0.1, -0.05) is 0 Å². The number of esters is 2. The van der Waals surface area contributed by atoms with Gasteiger partial charge in [-0.2, -0.15) is 0 Å². The van der Waals surface area contributed by atoms with Crippen LogP contribution < -0.4 is 10.1 Å². The maximum atomic E-state index is 11.9. The van der Waals surface area contributed by atoms with Crippen molar-refractivity contribution in [1.82, 2.24) is 0 Å². The highest BCUT2D eigenvalue weighted by atomic mass is 16.5. The maximum absolute atomic E-state index is 11.9. The van der Waals surface area contributed by atoms with Crippen molar-refractivity contribution < 1.29 is 19.1 Å². The molecule has 5 nitrogen and oxygen atoms in total. The van der Waals surface area contributed by atoms with E-state index in [4.69, 9.17) is 9.47 Å². The first-order chi connectivity index (χ1) is 9.51. The van der Waals surface area contributed by atoms with Gasteiger partial charge in [0.15, 0.2) is 0 Å². The van der Waals surface area contributed by atoms with Gasteiger partial charge in [0, 0.05) is 18.7 Å². The molecule has 20 heavy (non-hydrogen) atoms. The van der Waals surface area contributed by atoms with E-state index in [2.05, 4.69) is 5.32 Å². The van der Waals surface area contributed by atoms with Crippen molar-refractivity contribution in [3.8, 4) is 5.75 Å². The Labute approximate surface area is 118 Å². The Morgan fingerprint density at radius 2 is 2.15 bits per heavy atom. The monoisotopic (exact) mass is 277 g/mol. The third kappa shape index (κ3) is 3.10. The first-order valence-corrected chi connectivity index (χ1v) is 6.75. The highest BCUT2D eigenvalue weighted by Crippen LogP contribution is 2.32. The Morgan fingerprint density at radius 1 is 1.40 bits per heavy atom. The molecule has 0 spiro atoms. The van der Waals surface area contributed by atoms with Crippen LogP contribution in [0.4, 0.5) is 5.69 Å². The van der Waals surface area contributed by atoms with Gasteiger partial charge in [0.2, 0.25) is 0 Å². The van der Waals surface area contributed by atoms with Crippen LogP contribution in [0.5, 0.6) is 5.75 Å². The van der Waals surface area contributed by atoms with Gasteiger partial charge in [-0.25, -0.2) is 0 Å². The fourth-order valence-electron chi connectivity index (χ4n) is 2.41. The van der Waals surface area contributed by atoms with Gasteiger partial charge in [0.05, 0.1) is 12.5 Å². The van der Waals surface area contributed by atoms with Crippen molar-refractivity contribution in [2.45, 2.75) is 33.2 Å². The summed E-state index contributed by atoms with van der Waals surface area (Å²) in [7, 11) is 0. The largest absolute Gasteiger partial charge is 0.466 e. The summed E-state index contributed by atoms with van der Waals surface area (Å²) in [6, 6.07) is 5.42. The highest BCUT2D eigenvalue weighted by Gasteiger charge is 2.31. The Balaban J connectivity index is 2.21. The molecule has 2 atom stereocenters. The van der Waals surface area contributed by atoms with Crippen LogP contribution in [0.2, 0.25) is 0 Å². The van der Waals surface area contributed by atoms with Gasteiger partial charge < -0.3 is 14.8 Å². The number of anilines is 1. The number of nitrogens with one attached hydrogen (secondary N) is 1. The third-order valence-corrected chi connectivity index (χ3v) is 3.35. The van der Waals surface area contributed by atoms with Crippen LogP contribution in [-0.2, 0) is 20.7 Å². The summed E-state index contributed by atoms with van der Waals surface area (Å²) in [5.41, 5.74) is 1.92. The van der Waals surface area contributed by atoms with Gasteiger partial charge in [-0.3, -0.25) is 9.59 Å². The number of carbonyl (C=O) groups excluding carboxylic acids is 2. The molecule has 0 amide bonds. The second kappa shape index (κ2) is 5.94. The number of carbonyl (C=O) groups is 2. The van der Waals surface area contributed by atoms with E-state index < -0.39 is 0 Å². The zero-order chi connectivity index (χ0) is 14.7. The predicted octanol–water partition coefficient (Wildman–Crippen LogP) is 2.15. The average molecular weight is 277 g/mol. The number of hydrogen-bond donors (Lipinski definition) is 1. The van der Waals surface area contributed by atoms with Crippen LogP contribution in [0.25, 0.3) is 0 Å². The van der Waals surface area contributed by atoms with E-state index in [9.17, 15) is 9.59 Å².